The van der Waals surface area contributed by atoms with Crippen LogP contribution in [0.5, 0.6) is 0 Å². The molecule has 1 N–H and O–H groups in total. The van der Waals surface area contributed by atoms with Crippen LogP contribution in [-0.2, 0) is 0 Å². The Bertz CT molecular complexity index is 856. The number of hydrazone groups is 1. The summed E-state index contributed by atoms with van der Waals surface area (Å²) in [4.78, 5) is 16.3. The number of carbonyl (C=O) groups is 1. The fraction of sp³-hybridized carbons (Fsp3) is 0. The van der Waals surface area contributed by atoms with Gasteiger partial charge in [-0.3, -0.25) is 9.78 Å². The summed E-state index contributed by atoms with van der Waals surface area (Å²) < 4.78 is 0. The Kier molecular flexibility index (Phi) is 4.12. The SMILES string of the molecule is O=C(N/N=C/c1nccc2ccccc12)c1ccccc1Cl. The standard InChI is InChI=1S/C17H12ClN3O/c18-15-8-4-3-7-14(15)17(22)21-20-11-16-13-6-2-1-5-12(13)9-10-19-16/h1-11H,(H,21,22)/b20-11+. The fourth-order valence-corrected chi connectivity index (χ4v) is 2.33. The highest BCUT2D eigenvalue weighted by atomic mass is 35.5. The Morgan fingerprint density at radius 1 is 1.09 bits per heavy atom. The van der Waals surface area contributed by atoms with Crippen LogP contribution in [0.4, 0.5) is 0 Å². The number of rotatable bonds is 3. The second kappa shape index (κ2) is 6.37. The van der Waals surface area contributed by atoms with Crippen LogP contribution >= 0.6 is 11.6 Å². The molecule has 1 amide bonds. The van der Waals surface area contributed by atoms with Crippen molar-refractivity contribution in [3.8, 4) is 0 Å². The van der Waals surface area contributed by atoms with Crippen LogP contribution in [-0.4, -0.2) is 17.1 Å². The first kappa shape index (κ1) is 14.2. The Hall–Kier alpha value is -2.72. The van der Waals surface area contributed by atoms with Crippen molar-refractivity contribution in [2.45, 2.75) is 0 Å². The first-order valence-electron chi connectivity index (χ1n) is 6.67. The van der Waals surface area contributed by atoms with Gasteiger partial charge < -0.3 is 0 Å². The maximum atomic E-state index is 12.0. The molecule has 1 aromatic heterocycles. The number of benzene rings is 2. The normalized spacial score (nSPS) is 11.0. The summed E-state index contributed by atoms with van der Waals surface area (Å²) in [5.74, 6) is -0.359. The molecule has 22 heavy (non-hydrogen) atoms. The maximum Gasteiger partial charge on any atom is 0.272 e. The van der Waals surface area contributed by atoms with Crippen molar-refractivity contribution in [2.24, 2.45) is 5.10 Å². The minimum Gasteiger partial charge on any atom is -0.267 e. The number of nitrogens with one attached hydrogen (secondary N) is 1. The van der Waals surface area contributed by atoms with Gasteiger partial charge in [-0.2, -0.15) is 5.10 Å². The van der Waals surface area contributed by atoms with Crippen LogP contribution in [0, 0.1) is 0 Å². The molecule has 0 fully saturated rings. The number of halogens is 1. The van der Waals surface area contributed by atoms with E-state index in [0.717, 1.165) is 10.8 Å². The molecule has 0 aliphatic heterocycles. The largest absolute Gasteiger partial charge is 0.272 e. The summed E-state index contributed by atoms with van der Waals surface area (Å²) in [7, 11) is 0. The molecule has 1 heterocycles. The number of aromatic nitrogens is 1. The number of pyridine rings is 1. The average molecular weight is 310 g/mol. The van der Waals surface area contributed by atoms with Gasteiger partial charge in [-0.25, -0.2) is 5.43 Å². The molecule has 108 valence electrons. The van der Waals surface area contributed by atoms with E-state index in [0.29, 0.717) is 16.3 Å². The third kappa shape index (κ3) is 2.97. The third-order valence-electron chi connectivity index (χ3n) is 3.18. The second-order valence-electron chi connectivity index (χ2n) is 4.60. The highest BCUT2D eigenvalue weighted by molar-refractivity contribution is 6.33. The van der Waals surface area contributed by atoms with Crippen LogP contribution in [0.3, 0.4) is 0 Å². The van der Waals surface area contributed by atoms with E-state index in [1.165, 1.54) is 6.21 Å². The van der Waals surface area contributed by atoms with Crippen molar-refractivity contribution in [1.82, 2.24) is 10.4 Å². The van der Waals surface area contributed by atoms with Gasteiger partial charge in [0.15, 0.2) is 0 Å². The van der Waals surface area contributed by atoms with E-state index in [1.807, 2.05) is 30.3 Å². The lowest BCUT2D eigenvalue weighted by Crippen LogP contribution is -2.18. The van der Waals surface area contributed by atoms with Gasteiger partial charge in [0.1, 0.15) is 0 Å². The summed E-state index contributed by atoms with van der Waals surface area (Å²) in [5, 5.41) is 6.39. The van der Waals surface area contributed by atoms with Crippen molar-refractivity contribution >= 4 is 34.5 Å². The van der Waals surface area contributed by atoms with Gasteiger partial charge in [0.2, 0.25) is 0 Å². The van der Waals surface area contributed by atoms with Crippen molar-refractivity contribution < 1.29 is 4.79 Å². The lowest BCUT2D eigenvalue weighted by molar-refractivity contribution is 0.0955. The third-order valence-corrected chi connectivity index (χ3v) is 3.51. The minimum absolute atomic E-state index is 0.359. The molecule has 0 aliphatic carbocycles. The first-order valence-corrected chi connectivity index (χ1v) is 7.05. The molecule has 0 aliphatic rings. The maximum absolute atomic E-state index is 12.0. The molecule has 0 atom stereocenters. The number of fused-ring (bicyclic) bond motifs is 1. The van der Waals surface area contributed by atoms with Gasteiger partial charge in [0.05, 0.1) is 22.5 Å². The second-order valence-corrected chi connectivity index (χ2v) is 5.00. The lowest BCUT2D eigenvalue weighted by Gasteiger charge is -2.02. The number of hydrogen-bond acceptors (Lipinski definition) is 3. The van der Waals surface area contributed by atoms with Gasteiger partial charge in [-0.15, -0.1) is 0 Å². The molecule has 3 rings (SSSR count). The molecule has 0 unspecified atom stereocenters. The Morgan fingerprint density at radius 3 is 2.73 bits per heavy atom. The number of hydrogen-bond donors (Lipinski definition) is 1. The molecular weight excluding hydrogens is 298 g/mol. The van der Waals surface area contributed by atoms with Crippen LogP contribution < -0.4 is 5.43 Å². The van der Waals surface area contributed by atoms with Crippen molar-refractivity contribution in [2.75, 3.05) is 0 Å². The predicted molar refractivity (Wildman–Crippen MR) is 88.3 cm³/mol. The number of nitrogens with zero attached hydrogens (tertiary/aromatic N) is 2. The first-order chi connectivity index (χ1) is 10.8. The summed E-state index contributed by atoms with van der Waals surface area (Å²) in [6, 6.07) is 16.6. The molecule has 3 aromatic rings. The number of carbonyl (C=O) groups excluding carboxylic acids is 1. The molecule has 5 heteroatoms. The van der Waals surface area contributed by atoms with Gasteiger partial charge in [-0.05, 0) is 23.6 Å². The van der Waals surface area contributed by atoms with Gasteiger partial charge in [-0.1, -0.05) is 48.0 Å². The lowest BCUT2D eigenvalue weighted by atomic mass is 10.1. The summed E-state index contributed by atoms with van der Waals surface area (Å²) in [5.41, 5.74) is 3.53. The monoisotopic (exact) mass is 309 g/mol. The van der Waals surface area contributed by atoms with Crippen molar-refractivity contribution in [3.63, 3.8) is 0 Å². The Labute approximate surface area is 132 Å². The highest BCUT2D eigenvalue weighted by Crippen LogP contribution is 2.15. The van der Waals surface area contributed by atoms with E-state index in [1.54, 1.807) is 30.5 Å². The van der Waals surface area contributed by atoms with Crippen LogP contribution in [0.25, 0.3) is 10.8 Å². The van der Waals surface area contributed by atoms with Crippen molar-refractivity contribution in [3.05, 3.63) is 77.1 Å². The zero-order valence-electron chi connectivity index (χ0n) is 11.5. The zero-order chi connectivity index (χ0) is 15.4. The molecule has 0 bridgehead atoms. The zero-order valence-corrected chi connectivity index (χ0v) is 12.3. The summed E-state index contributed by atoms with van der Waals surface area (Å²) >= 11 is 5.97. The van der Waals surface area contributed by atoms with E-state index < -0.39 is 0 Å². The van der Waals surface area contributed by atoms with Crippen molar-refractivity contribution in [1.29, 1.82) is 0 Å². The molecule has 0 saturated carbocycles. The fourth-order valence-electron chi connectivity index (χ4n) is 2.10. The predicted octanol–water partition coefficient (Wildman–Crippen LogP) is 3.65. The van der Waals surface area contributed by atoms with Gasteiger partial charge in [0, 0.05) is 11.6 Å². The average Bonchev–Trinajstić information content (AvgIpc) is 2.55. The van der Waals surface area contributed by atoms with Gasteiger partial charge in [0.25, 0.3) is 5.91 Å². The molecule has 0 saturated heterocycles. The Morgan fingerprint density at radius 2 is 1.86 bits per heavy atom. The molecule has 4 nitrogen and oxygen atoms in total. The van der Waals surface area contributed by atoms with E-state index in [2.05, 4.69) is 15.5 Å². The highest BCUT2D eigenvalue weighted by Gasteiger charge is 2.07. The van der Waals surface area contributed by atoms with E-state index in [-0.39, 0.29) is 5.91 Å². The van der Waals surface area contributed by atoms with Crippen LogP contribution in [0.2, 0.25) is 5.02 Å². The van der Waals surface area contributed by atoms with E-state index >= 15 is 0 Å². The number of amides is 1. The summed E-state index contributed by atoms with van der Waals surface area (Å²) in [6.07, 6.45) is 3.23. The molecular formula is C17H12ClN3O. The van der Waals surface area contributed by atoms with E-state index in [4.69, 9.17) is 11.6 Å². The molecule has 0 spiro atoms. The van der Waals surface area contributed by atoms with Crippen LogP contribution in [0.15, 0.2) is 65.9 Å². The van der Waals surface area contributed by atoms with E-state index in [9.17, 15) is 4.79 Å². The summed E-state index contributed by atoms with van der Waals surface area (Å²) in [6.45, 7) is 0. The quantitative estimate of drug-likeness (QED) is 0.593. The topological polar surface area (TPSA) is 54.4 Å². The molecule has 0 radical (unpaired) electrons. The smallest absolute Gasteiger partial charge is 0.267 e. The minimum atomic E-state index is -0.359. The van der Waals surface area contributed by atoms with Gasteiger partial charge >= 0.3 is 0 Å². The van der Waals surface area contributed by atoms with Crippen LogP contribution in [0.1, 0.15) is 16.1 Å². The molecule has 2 aromatic carbocycles. The Balaban J connectivity index is 1.80.